The maximum atomic E-state index is 7.24. The zero-order valence-electron chi connectivity index (χ0n) is 41.4. The maximum Gasteiger partial charge on any atom is 0.143 e. The average molecular weight is 958 g/mol. The fraction of sp³-hybridized carbons (Fsp3) is 0.0556. The summed E-state index contributed by atoms with van der Waals surface area (Å²) in [5.74, 6) is 1.85. The monoisotopic (exact) mass is 957 g/mol. The molecular formula is C72H47NO2. The molecule has 3 nitrogen and oxygen atoms in total. The summed E-state index contributed by atoms with van der Waals surface area (Å²) in [6.07, 6.45) is 0. The summed E-state index contributed by atoms with van der Waals surface area (Å²) >= 11 is 0. The Kier molecular flexibility index (Phi) is 8.72. The minimum absolute atomic E-state index is 0.0974. The van der Waals surface area contributed by atoms with E-state index in [1.165, 1.54) is 61.2 Å². The number of hydrogen-bond acceptors (Lipinski definition) is 3. The lowest BCUT2D eigenvalue weighted by atomic mass is 9.65. The number of para-hydroxylation sites is 2. The largest absolute Gasteiger partial charge is 0.455 e. The summed E-state index contributed by atoms with van der Waals surface area (Å²) in [5.41, 5.74) is 21.6. The van der Waals surface area contributed by atoms with Gasteiger partial charge in [-0.05, 0) is 114 Å². The first-order valence-corrected chi connectivity index (χ1v) is 26.1. The zero-order valence-corrected chi connectivity index (χ0v) is 41.4. The Hall–Kier alpha value is -9.44. The molecule has 0 N–H and O–H groups in total. The van der Waals surface area contributed by atoms with Crippen molar-refractivity contribution in [3.05, 3.63) is 282 Å². The number of rotatable bonds is 5. The van der Waals surface area contributed by atoms with E-state index < -0.39 is 5.41 Å². The van der Waals surface area contributed by atoms with Gasteiger partial charge < -0.3 is 14.1 Å². The molecule has 1 aromatic heterocycles. The quantitative estimate of drug-likeness (QED) is 0.172. The number of nitrogens with zero attached hydrogens (tertiary/aromatic N) is 1. The summed E-state index contributed by atoms with van der Waals surface area (Å²) in [7, 11) is 0. The number of fused-ring (bicyclic) bond motifs is 19. The van der Waals surface area contributed by atoms with E-state index in [4.69, 9.17) is 9.15 Å². The van der Waals surface area contributed by atoms with Crippen LogP contribution in [0.25, 0.3) is 88.0 Å². The summed E-state index contributed by atoms with van der Waals surface area (Å²) in [4.78, 5) is 2.41. The first kappa shape index (κ1) is 42.1. The van der Waals surface area contributed by atoms with E-state index in [0.29, 0.717) is 0 Å². The van der Waals surface area contributed by atoms with Crippen LogP contribution < -0.4 is 9.64 Å². The number of ether oxygens (including phenoxy) is 1. The Labute approximate surface area is 435 Å². The lowest BCUT2D eigenvalue weighted by Crippen LogP contribution is -2.32. The molecule has 0 bridgehead atoms. The Morgan fingerprint density at radius 2 is 0.827 bits per heavy atom. The van der Waals surface area contributed by atoms with Crippen LogP contribution in [0.3, 0.4) is 0 Å². The minimum Gasteiger partial charge on any atom is -0.455 e. The third-order valence-corrected chi connectivity index (χ3v) is 16.9. The van der Waals surface area contributed by atoms with Gasteiger partial charge in [0.1, 0.15) is 22.7 Å². The first-order chi connectivity index (χ1) is 36.9. The standard InChI is InChI=1S/C72H47NO2/c1-71(2)60-25-10-7-19-55(60)59-43-50(39-42-61(59)71)73(49-37-31-47(32-38-49)52-23-13-24-57-56-20-9-12-28-66(56)74-68(52)57)48-35-29-46(30-36-48)51-22-14-27-63-67(51)58-21-8-11-26-62(58)72(63)64-40-33-44-15-3-5-17-53(44)69(64)75-70-54-18-6-4-16-45(54)34-41-65(70)72/h3-43H,1-2H3. The van der Waals surface area contributed by atoms with E-state index in [9.17, 15) is 0 Å². The van der Waals surface area contributed by atoms with Gasteiger partial charge in [-0.2, -0.15) is 0 Å². The molecule has 0 amide bonds. The predicted molar refractivity (Wildman–Crippen MR) is 309 cm³/mol. The van der Waals surface area contributed by atoms with Gasteiger partial charge in [0.05, 0.1) is 5.41 Å². The third-order valence-electron chi connectivity index (χ3n) is 16.9. The van der Waals surface area contributed by atoms with Gasteiger partial charge in [0.2, 0.25) is 0 Å². The Bertz CT molecular complexity index is 4450. The molecule has 0 saturated carbocycles. The number of hydrogen-bond donors (Lipinski definition) is 0. The van der Waals surface area contributed by atoms with Gasteiger partial charge in [-0.25, -0.2) is 0 Å². The second kappa shape index (κ2) is 15.5. The first-order valence-electron chi connectivity index (χ1n) is 26.1. The van der Waals surface area contributed by atoms with Gasteiger partial charge in [-0.3, -0.25) is 0 Å². The highest BCUT2D eigenvalue weighted by atomic mass is 16.5. The van der Waals surface area contributed by atoms with Gasteiger partial charge in [-0.1, -0.05) is 220 Å². The summed E-state index contributed by atoms with van der Waals surface area (Å²) in [5, 5.41) is 6.81. The molecule has 16 rings (SSSR count). The summed E-state index contributed by atoms with van der Waals surface area (Å²) in [6, 6.07) is 91.4. The van der Waals surface area contributed by atoms with Crippen molar-refractivity contribution in [3.8, 4) is 56.0 Å². The molecule has 352 valence electrons. The molecule has 13 aromatic rings. The highest BCUT2D eigenvalue weighted by Gasteiger charge is 2.52. The lowest BCUT2D eigenvalue weighted by Gasteiger charge is -2.40. The van der Waals surface area contributed by atoms with Gasteiger partial charge in [0, 0.05) is 60.7 Å². The van der Waals surface area contributed by atoms with Crippen molar-refractivity contribution in [3.63, 3.8) is 0 Å². The topological polar surface area (TPSA) is 25.6 Å². The molecule has 3 heteroatoms. The molecule has 0 radical (unpaired) electrons. The number of furan rings is 1. The normalized spacial score (nSPS) is 14.1. The Balaban J connectivity index is 0.863. The van der Waals surface area contributed by atoms with E-state index >= 15 is 0 Å². The molecule has 2 aliphatic carbocycles. The molecule has 0 saturated heterocycles. The summed E-state index contributed by atoms with van der Waals surface area (Å²) in [6.45, 7) is 4.69. The Morgan fingerprint density at radius 1 is 0.333 bits per heavy atom. The fourth-order valence-corrected chi connectivity index (χ4v) is 13.5. The number of anilines is 3. The van der Waals surface area contributed by atoms with Crippen LogP contribution in [-0.4, -0.2) is 0 Å². The molecular weight excluding hydrogens is 911 g/mol. The molecule has 1 spiro atoms. The molecule has 0 unspecified atom stereocenters. The molecule has 3 aliphatic rings. The molecule has 1 aliphatic heterocycles. The van der Waals surface area contributed by atoms with Crippen molar-refractivity contribution in [1.82, 2.24) is 0 Å². The van der Waals surface area contributed by atoms with Crippen molar-refractivity contribution in [2.24, 2.45) is 0 Å². The van der Waals surface area contributed by atoms with Crippen molar-refractivity contribution in [2.45, 2.75) is 24.7 Å². The Morgan fingerprint density at radius 3 is 1.53 bits per heavy atom. The maximum absolute atomic E-state index is 7.24. The molecule has 2 heterocycles. The smallest absolute Gasteiger partial charge is 0.143 e. The van der Waals surface area contributed by atoms with Crippen molar-refractivity contribution < 1.29 is 9.15 Å². The van der Waals surface area contributed by atoms with Crippen molar-refractivity contribution >= 4 is 60.5 Å². The highest BCUT2D eigenvalue weighted by Crippen LogP contribution is 2.65. The van der Waals surface area contributed by atoms with E-state index in [2.05, 4.69) is 261 Å². The SMILES string of the molecule is CC1(C)c2ccccc2-c2cc(N(c3ccc(-c4cccc5c4-c4ccccc4C54c5ccc6ccccc6c5Oc5c4ccc4ccccc54)cc3)c3ccc(-c4cccc5c4oc4ccccc45)cc3)ccc21. The van der Waals surface area contributed by atoms with Crippen LogP contribution in [0.15, 0.2) is 253 Å². The number of benzene rings is 12. The van der Waals surface area contributed by atoms with E-state index in [0.717, 1.165) is 88.7 Å². The van der Waals surface area contributed by atoms with Crippen LogP contribution in [-0.2, 0) is 10.8 Å². The molecule has 12 aromatic carbocycles. The van der Waals surface area contributed by atoms with E-state index in [1.54, 1.807) is 0 Å². The molecule has 75 heavy (non-hydrogen) atoms. The van der Waals surface area contributed by atoms with E-state index in [1.807, 2.05) is 6.07 Å². The van der Waals surface area contributed by atoms with Crippen LogP contribution in [0.1, 0.15) is 47.2 Å². The van der Waals surface area contributed by atoms with Gasteiger partial charge in [0.15, 0.2) is 0 Å². The van der Waals surface area contributed by atoms with Gasteiger partial charge in [-0.15, -0.1) is 0 Å². The van der Waals surface area contributed by atoms with Crippen molar-refractivity contribution in [2.75, 3.05) is 4.90 Å². The van der Waals surface area contributed by atoms with Crippen LogP contribution in [0.2, 0.25) is 0 Å². The van der Waals surface area contributed by atoms with E-state index in [-0.39, 0.29) is 5.41 Å². The second-order valence-electron chi connectivity index (χ2n) is 21.1. The third kappa shape index (κ3) is 5.81. The highest BCUT2D eigenvalue weighted by molar-refractivity contribution is 6.10. The van der Waals surface area contributed by atoms with Crippen LogP contribution in [0.4, 0.5) is 17.1 Å². The van der Waals surface area contributed by atoms with Gasteiger partial charge in [0.25, 0.3) is 0 Å². The molecule has 0 fully saturated rings. The summed E-state index contributed by atoms with van der Waals surface area (Å²) < 4.78 is 13.8. The van der Waals surface area contributed by atoms with Crippen LogP contribution in [0.5, 0.6) is 11.5 Å². The lowest BCUT2D eigenvalue weighted by molar-refractivity contribution is 0.447. The fourth-order valence-electron chi connectivity index (χ4n) is 13.5. The minimum atomic E-state index is -0.626. The molecule has 0 atom stereocenters. The van der Waals surface area contributed by atoms with Gasteiger partial charge >= 0.3 is 0 Å². The van der Waals surface area contributed by atoms with Crippen molar-refractivity contribution in [1.29, 1.82) is 0 Å². The van der Waals surface area contributed by atoms with Crippen LogP contribution in [0, 0.1) is 0 Å². The second-order valence-corrected chi connectivity index (χ2v) is 21.1. The predicted octanol–water partition coefficient (Wildman–Crippen LogP) is 19.5. The van der Waals surface area contributed by atoms with Crippen LogP contribution >= 0.6 is 0 Å². The average Bonchev–Trinajstić information content (AvgIpc) is 4.27. The zero-order chi connectivity index (χ0) is 49.6.